The molecule has 0 radical (unpaired) electrons. The number of nitrogens with one attached hydrogen (secondary N) is 1. The van der Waals surface area contributed by atoms with E-state index in [-0.39, 0.29) is 33.1 Å². The number of nitrogens with two attached hydrogens (primary N) is 1. The number of rotatable bonds is 3. The first-order chi connectivity index (χ1) is 15.5. The predicted octanol–water partition coefficient (Wildman–Crippen LogP) is 4.23. The Hall–Kier alpha value is -2.85. The number of fused-ring (bicyclic) bond motifs is 3. The molecule has 2 aliphatic rings. The maximum Gasteiger partial charge on any atom is 0.168 e. The molecule has 4 heterocycles. The summed E-state index contributed by atoms with van der Waals surface area (Å²) in [7, 11) is -3.68. The van der Waals surface area contributed by atoms with Gasteiger partial charge >= 0.3 is 0 Å². The van der Waals surface area contributed by atoms with Gasteiger partial charge in [-0.15, -0.1) is 0 Å². The van der Waals surface area contributed by atoms with Gasteiger partial charge in [0.25, 0.3) is 0 Å². The molecular weight excluding hydrogens is 472 g/mol. The highest BCUT2D eigenvalue weighted by Gasteiger charge is 2.63. The van der Waals surface area contributed by atoms with Crippen LogP contribution in [-0.2, 0) is 15.4 Å². The summed E-state index contributed by atoms with van der Waals surface area (Å²) in [4.78, 5) is 12.7. The van der Waals surface area contributed by atoms with Gasteiger partial charge in [0, 0.05) is 22.8 Å². The van der Waals surface area contributed by atoms with Gasteiger partial charge in [0.05, 0.1) is 16.5 Å². The number of benzene rings is 1. The van der Waals surface area contributed by atoms with Crippen molar-refractivity contribution in [3.63, 3.8) is 0 Å². The fourth-order valence-electron chi connectivity index (χ4n) is 4.83. The van der Waals surface area contributed by atoms with Crippen LogP contribution in [0.25, 0.3) is 10.9 Å². The molecule has 2 aliphatic heterocycles. The number of anilines is 2. The Morgan fingerprint density at radius 1 is 1.15 bits per heavy atom. The Balaban J connectivity index is 1.61. The lowest BCUT2D eigenvalue weighted by Gasteiger charge is -2.39. The van der Waals surface area contributed by atoms with Crippen LogP contribution >= 0.6 is 11.6 Å². The van der Waals surface area contributed by atoms with E-state index >= 15 is 4.39 Å². The monoisotopic (exact) mass is 491 g/mol. The molecule has 3 aromatic rings. The quantitative estimate of drug-likeness (QED) is 0.567. The van der Waals surface area contributed by atoms with E-state index < -0.39 is 37.0 Å². The van der Waals surface area contributed by atoms with Crippen LogP contribution in [0, 0.1) is 11.6 Å². The molecule has 7 nitrogen and oxygen atoms in total. The van der Waals surface area contributed by atoms with Crippen LogP contribution in [-0.4, -0.2) is 34.2 Å². The van der Waals surface area contributed by atoms with Crippen LogP contribution in [0.15, 0.2) is 41.7 Å². The summed E-state index contributed by atoms with van der Waals surface area (Å²) >= 11 is 5.93. The largest absolute Gasteiger partial charge is 0.386 e. The number of aliphatic imine (C=N–C) groups is 1. The lowest BCUT2D eigenvalue weighted by atomic mass is 9.86. The van der Waals surface area contributed by atoms with Crippen molar-refractivity contribution >= 4 is 49.7 Å². The third-order valence-electron chi connectivity index (χ3n) is 6.82. The Morgan fingerprint density at radius 2 is 1.91 bits per heavy atom. The molecular formula is C22H20ClF2N5O2S. The lowest BCUT2D eigenvalue weighted by Crippen LogP contribution is -2.55. The molecule has 0 spiro atoms. The van der Waals surface area contributed by atoms with Crippen LogP contribution in [0.4, 0.5) is 20.3 Å². The van der Waals surface area contributed by atoms with Crippen molar-refractivity contribution < 1.29 is 17.2 Å². The first-order valence-corrected chi connectivity index (χ1v) is 12.2. The van der Waals surface area contributed by atoms with Crippen molar-refractivity contribution in [2.45, 2.75) is 42.2 Å². The maximum atomic E-state index is 15.1. The second-order valence-electron chi connectivity index (χ2n) is 8.77. The molecule has 1 saturated heterocycles. The molecule has 0 aliphatic carbocycles. The summed E-state index contributed by atoms with van der Waals surface area (Å²) in [5, 5.41) is 2.57. The van der Waals surface area contributed by atoms with E-state index in [0.29, 0.717) is 18.5 Å². The number of hydrogen-bond donors (Lipinski definition) is 2. The van der Waals surface area contributed by atoms with Crippen molar-refractivity contribution in [2.75, 3.05) is 5.32 Å². The summed E-state index contributed by atoms with van der Waals surface area (Å²) in [5.41, 5.74) is 5.45. The van der Waals surface area contributed by atoms with Gasteiger partial charge in [-0.3, -0.25) is 9.98 Å². The van der Waals surface area contributed by atoms with Crippen LogP contribution in [0.1, 0.15) is 32.3 Å². The Morgan fingerprint density at radius 3 is 2.67 bits per heavy atom. The highest BCUT2D eigenvalue weighted by atomic mass is 35.5. The zero-order valence-electron chi connectivity index (χ0n) is 17.7. The smallest absolute Gasteiger partial charge is 0.168 e. The molecule has 3 N–H and O–H groups in total. The summed E-state index contributed by atoms with van der Waals surface area (Å²) in [5.74, 6) is -0.964. The van der Waals surface area contributed by atoms with Gasteiger partial charge in [-0.25, -0.2) is 22.2 Å². The van der Waals surface area contributed by atoms with Gasteiger partial charge < -0.3 is 11.1 Å². The second-order valence-corrected chi connectivity index (χ2v) is 11.8. The van der Waals surface area contributed by atoms with Crippen LogP contribution in [0.2, 0.25) is 5.02 Å². The van der Waals surface area contributed by atoms with E-state index in [4.69, 9.17) is 17.3 Å². The molecule has 172 valence electrons. The normalized spacial score (nSPS) is 28.0. The SMILES string of the molecule is C[C@]12CC[C@@H]([C@@](C)(c3cc(Nc4ncc(F)c5cc(Cl)cnc45)ccc3F)N=C1N)S2(=O)=O. The third-order valence-corrected chi connectivity index (χ3v) is 10.1. The molecule has 2 bridgehead atoms. The topological polar surface area (TPSA) is 110 Å². The van der Waals surface area contributed by atoms with Gasteiger partial charge in [-0.05, 0) is 51.0 Å². The maximum absolute atomic E-state index is 15.1. The highest BCUT2D eigenvalue weighted by molar-refractivity contribution is 7.94. The van der Waals surface area contributed by atoms with Crippen LogP contribution in [0.5, 0.6) is 0 Å². The summed E-state index contributed by atoms with van der Waals surface area (Å²) in [6.07, 6.45) is 3.07. The summed E-state index contributed by atoms with van der Waals surface area (Å²) in [6, 6.07) is 5.61. The zero-order chi connectivity index (χ0) is 23.8. The van der Waals surface area contributed by atoms with E-state index in [1.807, 2.05) is 0 Å². The molecule has 1 aromatic carbocycles. The van der Waals surface area contributed by atoms with E-state index in [0.717, 1.165) is 6.20 Å². The van der Waals surface area contributed by atoms with Crippen molar-refractivity contribution in [1.29, 1.82) is 0 Å². The van der Waals surface area contributed by atoms with Gasteiger partial charge in [-0.1, -0.05) is 11.6 Å². The van der Waals surface area contributed by atoms with Crippen molar-refractivity contribution in [3.8, 4) is 0 Å². The average Bonchev–Trinajstić information content (AvgIpc) is 2.94. The minimum atomic E-state index is -3.68. The number of pyridine rings is 2. The standard InChI is InChI=1S/C22H20ClF2N5O2S/c1-21-6-5-17(33(21,31)32)22(2,30-20(21)26)14-8-12(3-4-15(14)24)29-19-18-13(16(25)10-28-19)7-11(23)9-27-18/h3-4,7-10,17H,5-6H2,1-2H3,(H2,26,30)(H,28,29)/t17-,21-,22+/m0/s1. The first kappa shape index (κ1) is 22.0. The average molecular weight is 492 g/mol. The zero-order valence-corrected chi connectivity index (χ0v) is 19.3. The molecule has 33 heavy (non-hydrogen) atoms. The summed E-state index contributed by atoms with van der Waals surface area (Å²) in [6.45, 7) is 3.16. The fourth-order valence-corrected chi connectivity index (χ4v) is 7.57. The Bertz CT molecular complexity index is 1460. The highest BCUT2D eigenvalue weighted by Crippen LogP contribution is 2.51. The molecule has 1 fully saturated rings. The first-order valence-electron chi connectivity index (χ1n) is 10.2. The molecule has 5 rings (SSSR count). The minimum absolute atomic E-state index is 0.0104. The lowest BCUT2D eigenvalue weighted by molar-refractivity contribution is 0.423. The van der Waals surface area contributed by atoms with E-state index in [2.05, 4.69) is 20.3 Å². The number of halogens is 3. The number of hydrogen-bond acceptors (Lipinski definition) is 7. The van der Waals surface area contributed by atoms with Gasteiger partial charge in [0.1, 0.15) is 27.5 Å². The fraction of sp³-hybridized carbons (Fsp3) is 0.318. The molecule has 2 aromatic heterocycles. The van der Waals surface area contributed by atoms with Crippen molar-refractivity contribution in [1.82, 2.24) is 9.97 Å². The van der Waals surface area contributed by atoms with Crippen molar-refractivity contribution in [3.05, 3.63) is 58.9 Å². The molecule has 0 unspecified atom stereocenters. The number of nitrogens with zero attached hydrogens (tertiary/aromatic N) is 3. The number of aromatic nitrogens is 2. The second kappa shape index (κ2) is 7.07. The molecule has 11 heteroatoms. The van der Waals surface area contributed by atoms with Crippen molar-refractivity contribution in [2.24, 2.45) is 10.7 Å². The van der Waals surface area contributed by atoms with Gasteiger partial charge in [-0.2, -0.15) is 0 Å². The summed E-state index contributed by atoms with van der Waals surface area (Å²) < 4.78 is 54.5. The van der Waals surface area contributed by atoms with Gasteiger partial charge in [0.2, 0.25) is 0 Å². The third kappa shape index (κ3) is 3.03. The molecule has 3 atom stereocenters. The Labute approximate surface area is 194 Å². The van der Waals surface area contributed by atoms with Crippen LogP contribution in [0.3, 0.4) is 0 Å². The van der Waals surface area contributed by atoms with Gasteiger partial charge in [0.15, 0.2) is 21.5 Å². The van der Waals surface area contributed by atoms with E-state index in [9.17, 15) is 12.8 Å². The van der Waals surface area contributed by atoms with E-state index in [1.54, 1.807) is 13.8 Å². The number of sulfone groups is 1. The predicted molar refractivity (Wildman–Crippen MR) is 124 cm³/mol. The van der Waals surface area contributed by atoms with E-state index in [1.165, 1.54) is 30.5 Å². The molecule has 0 saturated carbocycles. The van der Waals surface area contributed by atoms with Crippen LogP contribution < -0.4 is 11.1 Å². The Kier molecular flexibility index (Phi) is 4.71. The molecule has 0 amide bonds. The number of amidine groups is 1. The minimum Gasteiger partial charge on any atom is -0.386 e.